The van der Waals surface area contributed by atoms with E-state index in [4.69, 9.17) is 18.9 Å². The fourth-order valence-electron chi connectivity index (χ4n) is 4.28. The Hall–Kier alpha value is -0.840. The van der Waals surface area contributed by atoms with Crippen molar-refractivity contribution in [2.45, 2.75) is 38.6 Å². The molecule has 2 fully saturated rings. The maximum Gasteiger partial charge on any atom is 0.194 e. The van der Waals surface area contributed by atoms with Crippen LogP contribution in [0.2, 0.25) is 0 Å². The molecule has 2 unspecified atom stereocenters. The van der Waals surface area contributed by atoms with Crippen LogP contribution in [0.3, 0.4) is 0 Å². The van der Waals surface area contributed by atoms with Gasteiger partial charge < -0.3 is 24.1 Å². The predicted octanol–water partition coefficient (Wildman–Crippen LogP) is 2.85. The van der Waals surface area contributed by atoms with Crippen LogP contribution in [0.15, 0.2) is 27.8 Å². The van der Waals surface area contributed by atoms with E-state index in [1.807, 2.05) is 12.1 Å². The highest BCUT2D eigenvalue weighted by molar-refractivity contribution is 14.0. The largest absolute Gasteiger partial charge is 0.469 e. The Morgan fingerprint density at radius 2 is 2.20 bits per heavy atom. The first-order chi connectivity index (χ1) is 14.3. The van der Waals surface area contributed by atoms with E-state index in [2.05, 4.69) is 22.0 Å². The van der Waals surface area contributed by atoms with Crippen LogP contribution >= 0.6 is 24.0 Å². The topological polar surface area (TPSA) is 62.5 Å². The molecule has 0 saturated carbocycles. The number of hydrogen-bond acceptors (Lipinski definition) is 5. The molecule has 0 spiro atoms. The molecule has 1 aromatic rings. The average molecular weight is 534 g/mol. The first kappa shape index (κ1) is 25.4. The molecule has 172 valence electrons. The molecule has 30 heavy (non-hydrogen) atoms. The van der Waals surface area contributed by atoms with Crippen LogP contribution in [0.5, 0.6) is 0 Å². The molecule has 8 heteroatoms. The lowest BCUT2D eigenvalue weighted by Gasteiger charge is -2.25. The van der Waals surface area contributed by atoms with E-state index in [1.54, 1.807) is 13.4 Å². The van der Waals surface area contributed by atoms with Crippen LogP contribution in [-0.2, 0) is 15.9 Å². The standard InChI is InChI=1S/C22H38N4O3.HI/c1-3-25-11-4-6-20(25)16-24-22(23-10-8-21-7-5-13-29-21)26-12-9-19(17-26)18-28-15-14-27-2;/h5,7,13,19-20H,3-4,6,8-12,14-18H2,1-2H3,(H,23,24);1H. The molecule has 7 nitrogen and oxygen atoms in total. The van der Waals surface area contributed by atoms with E-state index < -0.39 is 0 Å². The zero-order valence-electron chi connectivity index (χ0n) is 18.6. The van der Waals surface area contributed by atoms with E-state index in [9.17, 15) is 0 Å². The summed E-state index contributed by atoms with van der Waals surface area (Å²) in [5.41, 5.74) is 0. The van der Waals surface area contributed by atoms with Gasteiger partial charge in [0, 0.05) is 45.1 Å². The molecular weight excluding hydrogens is 495 g/mol. The normalized spacial score (nSPS) is 22.5. The van der Waals surface area contributed by atoms with E-state index in [1.165, 1.54) is 19.4 Å². The minimum Gasteiger partial charge on any atom is -0.469 e. The highest BCUT2D eigenvalue weighted by atomic mass is 127. The van der Waals surface area contributed by atoms with Crippen LogP contribution in [0.1, 0.15) is 31.9 Å². The number of methoxy groups -OCH3 is 1. The summed E-state index contributed by atoms with van der Waals surface area (Å²) < 4.78 is 16.3. The van der Waals surface area contributed by atoms with Crippen LogP contribution in [0.4, 0.5) is 0 Å². The molecule has 2 aliphatic rings. The van der Waals surface area contributed by atoms with Gasteiger partial charge in [0.2, 0.25) is 0 Å². The fourth-order valence-corrected chi connectivity index (χ4v) is 4.28. The van der Waals surface area contributed by atoms with Crippen molar-refractivity contribution in [3.8, 4) is 0 Å². The summed E-state index contributed by atoms with van der Waals surface area (Å²) in [4.78, 5) is 10.0. The van der Waals surface area contributed by atoms with Gasteiger partial charge in [0.25, 0.3) is 0 Å². The van der Waals surface area contributed by atoms with Crippen molar-refractivity contribution in [2.24, 2.45) is 10.9 Å². The van der Waals surface area contributed by atoms with Gasteiger partial charge in [-0.25, -0.2) is 0 Å². The third kappa shape index (κ3) is 8.01. The van der Waals surface area contributed by atoms with Crippen LogP contribution < -0.4 is 5.32 Å². The Balaban J connectivity index is 0.00000320. The molecule has 0 amide bonds. The summed E-state index contributed by atoms with van der Waals surface area (Å²) in [5.74, 6) is 2.61. The summed E-state index contributed by atoms with van der Waals surface area (Å²) in [5, 5.41) is 3.59. The third-order valence-electron chi connectivity index (χ3n) is 5.96. The number of nitrogens with one attached hydrogen (secondary N) is 1. The zero-order chi connectivity index (χ0) is 20.3. The average Bonchev–Trinajstić information content (AvgIpc) is 3.49. The lowest BCUT2D eigenvalue weighted by atomic mass is 10.1. The maximum absolute atomic E-state index is 5.76. The molecule has 2 aliphatic heterocycles. The number of halogens is 1. The Kier molecular flexibility index (Phi) is 12.1. The van der Waals surface area contributed by atoms with Gasteiger partial charge in [-0.05, 0) is 44.5 Å². The minimum atomic E-state index is 0. The van der Waals surface area contributed by atoms with Gasteiger partial charge >= 0.3 is 0 Å². The number of likely N-dealkylation sites (tertiary alicyclic amines) is 2. The second kappa shape index (κ2) is 14.3. The van der Waals surface area contributed by atoms with E-state index in [0.717, 1.165) is 63.9 Å². The molecule has 0 radical (unpaired) electrons. The Bertz CT molecular complexity index is 599. The molecule has 1 aromatic heterocycles. The summed E-state index contributed by atoms with van der Waals surface area (Å²) in [6.45, 7) is 10.5. The van der Waals surface area contributed by atoms with Gasteiger partial charge in [-0.3, -0.25) is 9.89 Å². The van der Waals surface area contributed by atoms with Crippen molar-refractivity contribution in [2.75, 3.05) is 66.2 Å². The van der Waals surface area contributed by atoms with E-state index in [0.29, 0.717) is 25.2 Å². The maximum atomic E-state index is 5.76. The molecule has 0 aromatic carbocycles. The number of hydrogen-bond donors (Lipinski definition) is 1. The number of aliphatic imine (C=N–C) groups is 1. The first-order valence-electron chi connectivity index (χ1n) is 11.2. The summed E-state index contributed by atoms with van der Waals surface area (Å²) in [6, 6.07) is 4.55. The number of guanidine groups is 1. The van der Waals surface area contributed by atoms with Gasteiger partial charge in [-0.15, -0.1) is 24.0 Å². The number of likely N-dealkylation sites (N-methyl/N-ethyl adjacent to an activating group) is 1. The smallest absolute Gasteiger partial charge is 0.194 e. The van der Waals surface area contributed by atoms with Gasteiger partial charge in [-0.1, -0.05) is 6.92 Å². The van der Waals surface area contributed by atoms with Crippen molar-refractivity contribution in [1.82, 2.24) is 15.1 Å². The quantitative estimate of drug-likeness (QED) is 0.204. The van der Waals surface area contributed by atoms with Gasteiger partial charge in [0.15, 0.2) is 5.96 Å². The second-order valence-electron chi connectivity index (χ2n) is 8.01. The van der Waals surface area contributed by atoms with Gasteiger partial charge in [-0.2, -0.15) is 0 Å². The van der Waals surface area contributed by atoms with E-state index >= 15 is 0 Å². The van der Waals surface area contributed by atoms with Crippen LogP contribution in [-0.4, -0.2) is 88.0 Å². The summed E-state index contributed by atoms with van der Waals surface area (Å²) >= 11 is 0. The van der Waals surface area contributed by atoms with Crippen LogP contribution in [0.25, 0.3) is 0 Å². The van der Waals surface area contributed by atoms with Crippen molar-refractivity contribution >= 4 is 29.9 Å². The Morgan fingerprint density at radius 3 is 2.97 bits per heavy atom. The van der Waals surface area contributed by atoms with Crippen LogP contribution in [0, 0.1) is 5.92 Å². The SMILES string of the molecule is CCN1CCCC1CN=C(NCCc1ccco1)N1CCC(COCCOC)C1.I. The monoisotopic (exact) mass is 534 g/mol. The number of nitrogens with zero attached hydrogens (tertiary/aromatic N) is 3. The van der Waals surface area contributed by atoms with E-state index in [-0.39, 0.29) is 24.0 Å². The van der Waals surface area contributed by atoms with Gasteiger partial charge in [0.05, 0.1) is 32.6 Å². The molecule has 3 heterocycles. The lowest BCUT2D eigenvalue weighted by Crippen LogP contribution is -2.42. The molecule has 1 N–H and O–H groups in total. The Labute approximate surface area is 198 Å². The molecule has 0 bridgehead atoms. The lowest BCUT2D eigenvalue weighted by molar-refractivity contribution is 0.0536. The fraction of sp³-hybridized carbons (Fsp3) is 0.773. The number of furan rings is 1. The summed E-state index contributed by atoms with van der Waals surface area (Å²) in [7, 11) is 1.71. The number of ether oxygens (including phenoxy) is 2. The van der Waals surface area contributed by atoms with Crippen molar-refractivity contribution in [3.05, 3.63) is 24.2 Å². The number of rotatable bonds is 11. The molecule has 0 aliphatic carbocycles. The minimum absolute atomic E-state index is 0. The molecule has 2 saturated heterocycles. The molecular formula is C22H39IN4O3. The second-order valence-corrected chi connectivity index (χ2v) is 8.01. The van der Waals surface area contributed by atoms with Crippen molar-refractivity contribution in [3.63, 3.8) is 0 Å². The third-order valence-corrected chi connectivity index (χ3v) is 5.96. The van der Waals surface area contributed by atoms with Crippen molar-refractivity contribution < 1.29 is 13.9 Å². The predicted molar refractivity (Wildman–Crippen MR) is 131 cm³/mol. The van der Waals surface area contributed by atoms with Crippen molar-refractivity contribution in [1.29, 1.82) is 0 Å². The Morgan fingerprint density at radius 1 is 1.30 bits per heavy atom. The highest BCUT2D eigenvalue weighted by Crippen LogP contribution is 2.19. The first-order valence-corrected chi connectivity index (χ1v) is 11.2. The zero-order valence-corrected chi connectivity index (χ0v) is 20.9. The highest BCUT2D eigenvalue weighted by Gasteiger charge is 2.27. The van der Waals surface area contributed by atoms with Gasteiger partial charge in [0.1, 0.15) is 5.76 Å². The summed E-state index contributed by atoms with van der Waals surface area (Å²) in [6.07, 6.45) is 6.30. The molecule has 2 atom stereocenters. The molecule has 3 rings (SSSR count).